The smallest absolute Gasteiger partial charge is 0.247 e. The number of hydrogen-bond donors (Lipinski definition) is 1. The third-order valence-corrected chi connectivity index (χ3v) is 8.07. The number of aryl methyl sites for hydroxylation is 3. The molecule has 0 radical (unpaired) electrons. The van der Waals surface area contributed by atoms with Gasteiger partial charge in [-0.3, -0.25) is 9.59 Å². The number of amides is 2. The van der Waals surface area contributed by atoms with Crippen molar-refractivity contribution >= 4 is 34.1 Å². The Bertz CT molecular complexity index is 1440. The van der Waals surface area contributed by atoms with Crippen LogP contribution in [0.1, 0.15) is 55.8 Å². The van der Waals surface area contributed by atoms with Crippen LogP contribution in [-0.2, 0) is 16.6 Å². The van der Waals surface area contributed by atoms with Crippen molar-refractivity contribution in [1.29, 1.82) is 0 Å². The number of aromatic nitrogens is 3. The molecule has 2 amide bonds. The van der Waals surface area contributed by atoms with Crippen molar-refractivity contribution < 1.29 is 9.59 Å². The molecule has 1 fully saturated rings. The highest BCUT2D eigenvalue weighted by Gasteiger charge is 2.39. The third-order valence-electron chi connectivity index (χ3n) is 8.07. The van der Waals surface area contributed by atoms with Crippen LogP contribution < -0.4 is 5.32 Å². The molecule has 7 nitrogen and oxygen atoms in total. The molecule has 5 rings (SSSR count). The normalized spacial score (nSPS) is 19.7. The molecule has 2 aromatic heterocycles. The standard InChI is InChI=1S/C30H35N5O2/c1-6-24(36)33-22-9-10-23(19(2)17-22)27-26(25-20(3)31-18-32-28(25)34(27)5)21-11-13-30(4,14-12-21)29(37)35-15-7-8-16-35/h6,9-11,17-18H,1,7-8,12-16H2,2-5H3,(H,33,36)/t30-/m0/s1. The molecule has 0 saturated carbocycles. The van der Waals surface area contributed by atoms with E-state index in [0.29, 0.717) is 5.91 Å². The summed E-state index contributed by atoms with van der Waals surface area (Å²) in [6.07, 6.45) is 9.75. The highest BCUT2D eigenvalue weighted by molar-refractivity contribution is 6.02. The Balaban J connectivity index is 1.60. The number of anilines is 1. The SMILES string of the molecule is C=CC(=O)Nc1ccc(-c2c(C3=CC[C@](C)(C(=O)N4CCCC4)CC3)c3c(C)ncnc3n2C)c(C)c1. The minimum atomic E-state index is -0.356. The van der Waals surface area contributed by atoms with E-state index in [-0.39, 0.29) is 11.3 Å². The van der Waals surface area contributed by atoms with Crippen LogP contribution in [0.15, 0.2) is 43.3 Å². The van der Waals surface area contributed by atoms with Crippen LogP contribution in [0, 0.1) is 19.3 Å². The van der Waals surface area contributed by atoms with Crippen molar-refractivity contribution in [1.82, 2.24) is 19.4 Å². The molecule has 7 heteroatoms. The lowest BCUT2D eigenvalue weighted by Gasteiger charge is -2.35. The van der Waals surface area contributed by atoms with Gasteiger partial charge in [-0.1, -0.05) is 25.6 Å². The first-order valence-electron chi connectivity index (χ1n) is 13.1. The van der Waals surface area contributed by atoms with Crippen LogP contribution in [0.4, 0.5) is 5.69 Å². The van der Waals surface area contributed by atoms with Crippen molar-refractivity contribution in [3.63, 3.8) is 0 Å². The quantitative estimate of drug-likeness (QED) is 0.467. The fourth-order valence-electron chi connectivity index (χ4n) is 5.91. The predicted molar refractivity (Wildman–Crippen MR) is 148 cm³/mol. The maximum absolute atomic E-state index is 13.3. The van der Waals surface area contributed by atoms with Gasteiger partial charge in [0.2, 0.25) is 11.8 Å². The molecule has 2 aliphatic rings. The summed E-state index contributed by atoms with van der Waals surface area (Å²) in [5.74, 6) is 0.0631. The first kappa shape index (κ1) is 24.9. The summed E-state index contributed by atoms with van der Waals surface area (Å²) < 4.78 is 2.15. The van der Waals surface area contributed by atoms with E-state index in [1.807, 2.05) is 26.1 Å². The Hall–Kier alpha value is -3.74. The summed E-state index contributed by atoms with van der Waals surface area (Å²) in [5, 5.41) is 3.91. The predicted octanol–water partition coefficient (Wildman–Crippen LogP) is 5.57. The molecule has 1 aliphatic heterocycles. The van der Waals surface area contributed by atoms with Crippen LogP contribution in [0.2, 0.25) is 0 Å². The second kappa shape index (κ2) is 9.61. The largest absolute Gasteiger partial charge is 0.342 e. The Kier molecular flexibility index (Phi) is 6.48. The summed E-state index contributed by atoms with van der Waals surface area (Å²) in [5.41, 5.74) is 7.81. The lowest BCUT2D eigenvalue weighted by molar-refractivity contribution is -0.140. The number of benzene rings is 1. The summed E-state index contributed by atoms with van der Waals surface area (Å²) in [6.45, 7) is 11.5. The molecule has 37 heavy (non-hydrogen) atoms. The number of fused-ring (bicyclic) bond motifs is 1. The molecule has 3 heterocycles. The molecule has 0 bridgehead atoms. The first-order valence-corrected chi connectivity index (χ1v) is 13.1. The Morgan fingerprint density at radius 2 is 1.92 bits per heavy atom. The number of nitrogens with zero attached hydrogens (tertiary/aromatic N) is 4. The Labute approximate surface area is 218 Å². The molecule has 3 aromatic rings. The van der Waals surface area contributed by atoms with Crippen LogP contribution >= 0.6 is 0 Å². The maximum atomic E-state index is 13.3. The topological polar surface area (TPSA) is 80.1 Å². The van der Waals surface area contributed by atoms with Gasteiger partial charge in [-0.25, -0.2) is 9.97 Å². The maximum Gasteiger partial charge on any atom is 0.247 e. The summed E-state index contributed by atoms with van der Waals surface area (Å²) >= 11 is 0. The number of carbonyl (C=O) groups excluding carboxylic acids is 2. The van der Waals surface area contributed by atoms with E-state index in [1.54, 1.807) is 6.33 Å². The van der Waals surface area contributed by atoms with Crippen molar-refractivity contribution in [3.8, 4) is 11.3 Å². The number of allylic oxidation sites excluding steroid dienone is 2. The number of likely N-dealkylation sites (tertiary alicyclic amines) is 1. The zero-order valence-corrected chi connectivity index (χ0v) is 22.2. The van der Waals surface area contributed by atoms with Gasteiger partial charge in [-0.2, -0.15) is 0 Å². The van der Waals surface area contributed by atoms with E-state index in [9.17, 15) is 9.59 Å². The first-order chi connectivity index (χ1) is 17.7. The number of nitrogens with one attached hydrogen (secondary N) is 1. The van der Waals surface area contributed by atoms with Gasteiger partial charge in [0.25, 0.3) is 0 Å². The van der Waals surface area contributed by atoms with E-state index < -0.39 is 0 Å². The van der Waals surface area contributed by atoms with Gasteiger partial charge < -0.3 is 14.8 Å². The molecule has 192 valence electrons. The van der Waals surface area contributed by atoms with Gasteiger partial charge in [-0.05, 0) is 75.3 Å². The van der Waals surface area contributed by atoms with Crippen molar-refractivity contribution in [2.75, 3.05) is 18.4 Å². The molecular formula is C30H35N5O2. The monoisotopic (exact) mass is 497 g/mol. The molecule has 1 aromatic carbocycles. The molecule has 0 spiro atoms. The van der Waals surface area contributed by atoms with Gasteiger partial charge in [-0.15, -0.1) is 0 Å². The van der Waals surface area contributed by atoms with Crippen molar-refractivity contribution in [2.24, 2.45) is 12.5 Å². The van der Waals surface area contributed by atoms with Crippen LogP contribution in [0.3, 0.4) is 0 Å². The molecule has 1 atom stereocenters. The lowest BCUT2D eigenvalue weighted by Crippen LogP contribution is -2.41. The Morgan fingerprint density at radius 3 is 2.57 bits per heavy atom. The Morgan fingerprint density at radius 1 is 1.16 bits per heavy atom. The summed E-state index contributed by atoms with van der Waals surface area (Å²) in [4.78, 5) is 36.4. The number of rotatable bonds is 5. The molecule has 1 N–H and O–H groups in total. The van der Waals surface area contributed by atoms with Gasteiger partial charge >= 0.3 is 0 Å². The second-order valence-corrected chi connectivity index (χ2v) is 10.7. The second-order valence-electron chi connectivity index (χ2n) is 10.7. The van der Waals surface area contributed by atoms with Gasteiger partial charge in [0.05, 0.1) is 16.8 Å². The van der Waals surface area contributed by atoms with E-state index in [2.05, 4.69) is 57.3 Å². The molecule has 0 unspecified atom stereocenters. The van der Waals surface area contributed by atoms with Gasteiger partial charge in [0.1, 0.15) is 12.0 Å². The number of carbonyl (C=O) groups is 2. The minimum Gasteiger partial charge on any atom is -0.342 e. The summed E-state index contributed by atoms with van der Waals surface area (Å²) in [7, 11) is 2.05. The zero-order valence-electron chi connectivity index (χ0n) is 22.2. The minimum absolute atomic E-state index is 0.234. The fraction of sp³-hybridized carbons (Fsp3) is 0.400. The zero-order chi connectivity index (χ0) is 26.3. The van der Waals surface area contributed by atoms with Crippen LogP contribution in [0.5, 0.6) is 0 Å². The van der Waals surface area contributed by atoms with Crippen LogP contribution in [0.25, 0.3) is 27.9 Å². The van der Waals surface area contributed by atoms with E-state index in [0.717, 1.165) is 90.0 Å². The lowest BCUT2D eigenvalue weighted by atomic mass is 9.74. The fourth-order valence-corrected chi connectivity index (χ4v) is 5.91. The van der Waals surface area contributed by atoms with Crippen molar-refractivity contribution in [3.05, 3.63) is 60.1 Å². The van der Waals surface area contributed by atoms with Gasteiger partial charge in [0, 0.05) is 42.3 Å². The van der Waals surface area contributed by atoms with E-state index in [4.69, 9.17) is 0 Å². The average Bonchev–Trinajstić information content (AvgIpc) is 3.52. The van der Waals surface area contributed by atoms with E-state index >= 15 is 0 Å². The highest BCUT2D eigenvalue weighted by Crippen LogP contribution is 2.46. The average molecular weight is 498 g/mol. The van der Waals surface area contributed by atoms with Crippen LogP contribution in [-0.4, -0.2) is 44.3 Å². The van der Waals surface area contributed by atoms with Crippen molar-refractivity contribution in [2.45, 2.75) is 52.9 Å². The summed E-state index contributed by atoms with van der Waals surface area (Å²) in [6, 6.07) is 5.96. The number of hydrogen-bond acceptors (Lipinski definition) is 4. The molecular weight excluding hydrogens is 462 g/mol. The third kappa shape index (κ3) is 4.37. The molecule has 1 saturated heterocycles. The molecule has 1 aliphatic carbocycles. The van der Waals surface area contributed by atoms with Gasteiger partial charge in [0.15, 0.2) is 0 Å². The highest BCUT2D eigenvalue weighted by atomic mass is 16.2. The van der Waals surface area contributed by atoms with E-state index in [1.165, 1.54) is 11.6 Å².